The maximum Gasteiger partial charge on any atom is 0.317 e. The van der Waals surface area contributed by atoms with Crippen molar-refractivity contribution in [2.75, 3.05) is 39.3 Å². The van der Waals surface area contributed by atoms with Crippen LogP contribution in [0, 0.1) is 0 Å². The molecule has 21 heavy (non-hydrogen) atoms. The SMILES string of the molecule is O=CN1CCN(C(=O)NCCOc2ccccc2Cl)CC1. The zero-order chi connectivity index (χ0) is 15.1. The normalized spacial score (nSPS) is 14.7. The largest absolute Gasteiger partial charge is 0.490 e. The molecular weight excluding hydrogens is 294 g/mol. The van der Waals surface area contributed by atoms with Gasteiger partial charge in [0.05, 0.1) is 11.6 Å². The summed E-state index contributed by atoms with van der Waals surface area (Å²) in [6.07, 6.45) is 0.812. The Hall–Kier alpha value is -1.95. The fourth-order valence-corrected chi connectivity index (χ4v) is 2.21. The van der Waals surface area contributed by atoms with Gasteiger partial charge in [-0.25, -0.2) is 4.79 Å². The molecule has 0 spiro atoms. The van der Waals surface area contributed by atoms with Gasteiger partial charge in [-0.1, -0.05) is 23.7 Å². The van der Waals surface area contributed by atoms with Gasteiger partial charge in [-0.15, -0.1) is 0 Å². The highest BCUT2D eigenvalue weighted by molar-refractivity contribution is 6.32. The second kappa shape index (κ2) is 7.73. The van der Waals surface area contributed by atoms with Crippen LogP contribution in [0.1, 0.15) is 0 Å². The van der Waals surface area contributed by atoms with Gasteiger partial charge in [0.1, 0.15) is 12.4 Å². The van der Waals surface area contributed by atoms with Crippen LogP contribution in [0.25, 0.3) is 0 Å². The topological polar surface area (TPSA) is 61.9 Å². The van der Waals surface area contributed by atoms with Gasteiger partial charge in [0.25, 0.3) is 0 Å². The summed E-state index contributed by atoms with van der Waals surface area (Å²) in [6, 6.07) is 7.07. The smallest absolute Gasteiger partial charge is 0.317 e. The monoisotopic (exact) mass is 311 g/mol. The van der Waals surface area contributed by atoms with Crippen LogP contribution < -0.4 is 10.1 Å². The molecule has 0 unspecified atom stereocenters. The number of rotatable bonds is 5. The lowest BCUT2D eigenvalue weighted by Gasteiger charge is -2.32. The van der Waals surface area contributed by atoms with E-state index in [0.717, 1.165) is 6.41 Å². The van der Waals surface area contributed by atoms with Gasteiger partial charge >= 0.3 is 6.03 Å². The fraction of sp³-hybridized carbons (Fsp3) is 0.429. The number of amides is 3. The molecule has 1 heterocycles. The van der Waals surface area contributed by atoms with E-state index >= 15 is 0 Å². The molecule has 2 rings (SSSR count). The molecule has 0 aromatic heterocycles. The van der Waals surface area contributed by atoms with Crippen LogP contribution >= 0.6 is 11.6 Å². The summed E-state index contributed by atoms with van der Waals surface area (Å²) < 4.78 is 5.49. The van der Waals surface area contributed by atoms with Crippen LogP contribution in [0.4, 0.5) is 4.79 Å². The number of halogens is 1. The van der Waals surface area contributed by atoms with Crippen molar-refractivity contribution in [2.45, 2.75) is 0 Å². The van der Waals surface area contributed by atoms with E-state index in [1.54, 1.807) is 21.9 Å². The molecule has 0 saturated carbocycles. The second-order valence-electron chi connectivity index (χ2n) is 4.64. The van der Waals surface area contributed by atoms with Gasteiger partial charge in [-0.05, 0) is 12.1 Å². The lowest BCUT2D eigenvalue weighted by Crippen LogP contribution is -2.51. The van der Waals surface area contributed by atoms with E-state index in [0.29, 0.717) is 50.1 Å². The molecule has 3 amide bonds. The standard InChI is InChI=1S/C14H18ClN3O3/c15-12-3-1-2-4-13(12)21-10-5-16-14(20)18-8-6-17(11-19)7-9-18/h1-4,11H,5-10H2,(H,16,20). The highest BCUT2D eigenvalue weighted by Gasteiger charge is 2.19. The summed E-state index contributed by atoms with van der Waals surface area (Å²) >= 11 is 5.96. The molecule has 0 radical (unpaired) electrons. The summed E-state index contributed by atoms with van der Waals surface area (Å²) in [5, 5.41) is 3.34. The molecule has 1 aliphatic rings. The Kier molecular flexibility index (Phi) is 5.68. The molecule has 1 saturated heterocycles. The third-order valence-corrected chi connectivity index (χ3v) is 3.54. The second-order valence-corrected chi connectivity index (χ2v) is 5.05. The van der Waals surface area contributed by atoms with Crippen molar-refractivity contribution in [1.29, 1.82) is 0 Å². The van der Waals surface area contributed by atoms with E-state index in [1.807, 2.05) is 12.1 Å². The highest BCUT2D eigenvalue weighted by atomic mass is 35.5. The first kappa shape index (κ1) is 15.4. The molecule has 1 aromatic rings. The van der Waals surface area contributed by atoms with Gasteiger partial charge in [-0.2, -0.15) is 0 Å². The van der Waals surface area contributed by atoms with Gasteiger partial charge in [-0.3, -0.25) is 4.79 Å². The van der Waals surface area contributed by atoms with Gasteiger partial charge in [0.15, 0.2) is 0 Å². The van der Waals surface area contributed by atoms with Crippen molar-refractivity contribution < 1.29 is 14.3 Å². The number of nitrogens with one attached hydrogen (secondary N) is 1. The third kappa shape index (κ3) is 4.53. The summed E-state index contributed by atoms with van der Waals surface area (Å²) in [7, 11) is 0. The Bertz CT molecular complexity index is 490. The van der Waals surface area contributed by atoms with E-state index in [1.165, 1.54) is 0 Å². The van der Waals surface area contributed by atoms with Crippen molar-refractivity contribution in [2.24, 2.45) is 0 Å². The molecule has 1 fully saturated rings. The Balaban J connectivity index is 1.66. The zero-order valence-corrected chi connectivity index (χ0v) is 12.4. The number of hydrogen-bond donors (Lipinski definition) is 1. The number of ether oxygens (including phenoxy) is 1. The number of para-hydroxylation sites is 1. The predicted molar refractivity (Wildman–Crippen MR) is 79.6 cm³/mol. The zero-order valence-electron chi connectivity index (χ0n) is 11.6. The van der Waals surface area contributed by atoms with Gasteiger partial charge in [0.2, 0.25) is 6.41 Å². The minimum atomic E-state index is -0.136. The van der Waals surface area contributed by atoms with Crippen molar-refractivity contribution >= 4 is 24.0 Å². The van der Waals surface area contributed by atoms with Crippen molar-refractivity contribution in [1.82, 2.24) is 15.1 Å². The van der Waals surface area contributed by atoms with E-state index in [4.69, 9.17) is 16.3 Å². The van der Waals surface area contributed by atoms with E-state index in [-0.39, 0.29) is 6.03 Å². The van der Waals surface area contributed by atoms with Crippen LogP contribution in [-0.2, 0) is 4.79 Å². The Morgan fingerprint density at radius 2 is 2.00 bits per heavy atom. The Labute approximate surface area is 128 Å². The summed E-state index contributed by atoms with van der Waals surface area (Å²) in [5.74, 6) is 0.605. The maximum absolute atomic E-state index is 11.9. The summed E-state index contributed by atoms with van der Waals surface area (Å²) in [5.41, 5.74) is 0. The molecule has 6 nitrogen and oxygen atoms in total. The lowest BCUT2D eigenvalue weighted by molar-refractivity contribution is -0.119. The quantitative estimate of drug-likeness (QED) is 0.656. The van der Waals surface area contributed by atoms with E-state index < -0.39 is 0 Å². The number of hydrogen-bond acceptors (Lipinski definition) is 3. The van der Waals surface area contributed by atoms with Crippen LogP contribution in [0.15, 0.2) is 24.3 Å². The number of urea groups is 1. The molecule has 1 aliphatic heterocycles. The number of nitrogens with zero attached hydrogens (tertiary/aromatic N) is 2. The first-order chi connectivity index (χ1) is 10.2. The Morgan fingerprint density at radius 1 is 1.29 bits per heavy atom. The summed E-state index contributed by atoms with van der Waals surface area (Å²) in [4.78, 5) is 25.8. The van der Waals surface area contributed by atoms with Gasteiger partial charge < -0.3 is 19.9 Å². The minimum absolute atomic E-state index is 0.136. The molecule has 1 aromatic carbocycles. The molecule has 0 bridgehead atoms. The number of carbonyl (C=O) groups excluding carboxylic acids is 2. The van der Waals surface area contributed by atoms with Crippen molar-refractivity contribution in [3.8, 4) is 5.75 Å². The molecule has 0 aliphatic carbocycles. The first-order valence-corrected chi connectivity index (χ1v) is 7.18. The molecule has 0 atom stereocenters. The third-order valence-electron chi connectivity index (χ3n) is 3.22. The van der Waals surface area contributed by atoms with Crippen LogP contribution in [-0.4, -0.2) is 61.6 Å². The number of carbonyl (C=O) groups is 2. The van der Waals surface area contributed by atoms with E-state index in [9.17, 15) is 9.59 Å². The molecule has 7 heteroatoms. The number of piperazine rings is 1. The average molecular weight is 312 g/mol. The predicted octanol–water partition coefficient (Wildman–Crippen LogP) is 1.20. The van der Waals surface area contributed by atoms with Crippen LogP contribution in [0.2, 0.25) is 5.02 Å². The highest BCUT2D eigenvalue weighted by Crippen LogP contribution is 2.22. The molecule has 114 valence electrons. The fourth-order valence-electron chi connectivity index (χ4n) is 2.02. The summed E-state index contributed by atoms with van der Waals surface area (Å²) in [6.45, 7) is 3.01. The lowest BCUT2D eigenvalue weighted by atomic mass is 10.3. The first-order valence-electron chi connectivity index (χ1n) is 6.80. The number of benzene rings is 1. The average Bonchev–Trinajstić information content (AvgIpc) is 2.53. The molecule has 1 N–H and O–H groups in total. The maximum atomic E-state index is 11.9. The van der Waals surface area contributed by atoms with E-state index in [2.05, 4.69) is 5.32 Å². The van der Waals surface area contributed by atoms with Crippen LogP contribution in [0.3, 0.4) is 0 Å². The van der Waals surface area contributed by atoms with Crippen molar-refractivity contribution in [3.05, 3.63) is 29.3 Å². The molecular formula is C14H18ClN3O3. The Morgan fingerprint density at radius 3 is 2.67 bits per heavy atom. The van der Waals surface area contributed by atoms with Crippen LogP contribution in [0.5, 0.6) is 5.75 Å². The van der Waals surface area contributed by atoms with Crippen molar-refractivity contribution in [3.63, 3.8) is 0 Å². The van der Waals surface area contributed by atoms with Gasteiger partial charge in [0, 0.05) is 26.2 Å². The minimum Gasteiger partial charge on any atom is -0.490 e.